The average Bonchev–Trinajstić information content (AvgIpc) is 2.46. The van der Waals surface area contributed by atoms with Crippen molar-refractivity contribution < 1.29 is 4.79 Å². The summed E-state index contributed by atoms with van der Waals surface area (Å²) in [5, 5.41) is 7.67. The van der Waals surface area contributed by atoms with E-state index in [9.17, 15) is 4.79 Å². The first kappa shape index (κ1) is 9.07. The van der Waals surface area contributed by atoms with E-state index < -0.39 is 0 Å². The van der Waals surface area contributed by atoms with Crippen LogP contribution in [0, 0.1) is 11.3 Å². The molecule has 0 N–H and O–H groups in total. The van der Waals surface area contributed by atoms with E-state index >= 15 is 0 Å². The van der Waals surface area contributed by atoms with Gasteiger partial charge in [0.1, 0.15) is 5.69 Å². The first-order valence-corrected chi connectivity index (χ1v) is 5.59. The van der Waals surface area contributed by atoms with Gasteiger partial charge in [0.05, 0.1) is 6.20 Å². The number of aryl methyl sites for hydroxylation is 1. The quantitative estimate of drug-likeness (QED) is 0.689. The van der Waals surface area contributed by atoms with Crippen molar-refractivity contribution >= 4 is 5.78 Å². The largest absolute Gasteiger partial charge is 0.292 e. The number of carbonyl (C=O) groups is 1. The molecule has 0 aromatic carbocycles. The van der Waals surface area contributed by atoms with Gasteiger partial charge in [0.25, 0.3) is 0 Å². The van der Waals surface area contributed by atoms with Crippen molar-refractivity contribution in [3.63, 3.8) is 0 Å². The van der Waals surface area contributed by atoms with Crippen molar-refractivity contribution in [3.05, 3.63) is 11.9 Å². The van der Waals surface area contributed by atoms with E-state index in [2.05, 4.69) is 10.3 Å². The van der Waals surface area contributed by atoms with Crippen LogP contribution in [-0.4, -0.2) is 20.8 Å². The lowest BCUT2D eigenvalue weighted by atomic mass is 9.51. The Morgan fingerprint density at radius 2 is 2.27 bits per heavy atom. The zero-order valence-corrected chi connectivity index (χ0v) is 8.94. The van der Waals surface area contributed by atoms with Gasteiger partial charge >= 0.3 is 0 Å². The van der Waals surface area contributed by atoms with Crippen LogP contribution in [0.2, 0.25) is 0 Å². The molecule has 0 aliphatic heterocycles. The summed E-state index contributed by atoms with van der Waals surface area (Å²) >= 11 is 0. The number of ketones is 1. The zero-order chi connectivity index (χ0) is 10.5. The van der Waals surface area contributed by atoms with Gasteiger partial charge in [-0.1, -0.05) is 11.6 Å². The van der Waals surface area contributed by atoms with E-state index in [0.29, 0.717) is 11.1 Å². The third-order valence-corrected chi connectivity index (χ3v) is 4.00. The molecular formula is C11H15N3O. The summed E-state index contributed by atoms with van der Waals surface area (Å²) in [4.78, 5) is 12.0. The second-order valence-electron chi connectivity index (χ2n) is 5.10. The Labute approximate surface area is 88.7 Å². The molecule has 0 saturated heterocycles. The summed E-state index contributed by atoms with van der Waals surface area (Å²) in [5.41, 5.74) is 1.10. The monoisotopic (exact) mass is 205 g/mol. The molecule has 1 aromatic rings. The number of hydrogen-bond acceptors (Lipinski definition) is 3. The normalized spacial score (nSPS) is 23.5. The molecule has 4 nitrogen and oxygen atoms in total. The molecule has 0 unspecified atom stereocenters. The SMILES string of the molecule is Cn1cc(C(=O)C2CC3(CCC3)C2)nn1. The molecule has 0 radical (unpaired) electrons. The summed E-state index contributed by atoms with van der Waals surface area (Å²) in [6, 6.07) is 0. The van der Waals surface area contributed by atoms with Crippen LogP contribution in [-0.2, 0) is 7.05 Å². The smallest absolute Gasteiger partial charge is 0.187 e. The summed E-state index contributed by atoms with van der Waals surface area (Å²) < 4.78 is 1.59. The van der Waals surface area contributed by atoms with Crippen molar-refractivity contribution in [1.29, 1.82) is 0 Å². The van der Waals surface area contributed by atoms with E-state index in [-0.39, 0.29) is 11.7 Å². The zero-order valence-electron chi connectivity index (χ0n) is 8.94. The minimum atomic E-state index is 0.195. The molecule has 2 saturated carbocycles. The molecule has 1 heterocycles. The molecule has 3 rings (SSSR count). The first-order valence-electron chi connectivity index (χ1n) is 5.59. The van der Waals surface area contributed by atoms with Gasteiger partial charge in [-0.05, 0) is 31.1 Å². The van der Waals surface area contributed by atoms with Gasteiger partial charge in [0, 0.05) is 13.0 Å². The minimum absolute atomic E-state index is 0.195. The third-order valence-electron chi connectivity index (χ3n) is 4.00. The number of aromatic nitrogens is 3. The third kappa shape index (κ3) is 1.31. The fourth-order valence-electron chi connectivity index (χ4n) is 2.93. The number of carbonyl (C=O) groups excluding carboxylic acids is 1. The highest BCUT2D eigenvalue weighted by Crippen LogP contribution is 2.59. The number of Topliss-reactive ketones (excluding diaryl/α,β-unsaturated/α-hetero) is 1. The maximum absolute atomic E-state index is 12.0. The van der Waals surface area contributed by atoms with Gasteiger partial charge in [0.15, 0.2) is 5.78 Å². The lowest BCUT2D eigenvalue weighted by Crippen LogP contribution is -2.45. The van der Waals surface area contributed by atoms with Gasteiger partial charge < -0.3 is 0 Å². The van der Waals surface area contributed by atoms with Gasteiger partial charge in [-0.3, -0.25) is 9.48 Å². The molecule has 2 aliphatic rings. The van der Waals surface area contributed by atoms with E-state index in [4.69, 9.17) is 0 Å². The molecule has 1 spiro atoms. The highest BCUT2D eigenvalue weighted by Gasteiger charge is 2.50. The molecule has 80 valence electrons. The lowest BCUT2D eigenvalue weighted by molar-refractivity contribution is -0.0152. The van der Waals surface area contributed by atoms with Gasteiger partial charge in [-0.2, -0.15) is 0 Å². The molecule has 1 aromatic heterocycles. The average molecular weight is 205 g/mol. The van der Waals surface area contributed by atoms with Crippen LogP contribution in [0.15, 0.2) is 6.20 Å². The van der Waals surface area contributed by atoms with E-state index in [0.717, 1.165) is 12.8 Å². The maximum Gasteiger partial charge on any atom is 0.187 e. The highest BCUT2D eigenvalue weighted by molar-refractivity contribution is 5.96. The predicted octanol–water partition coefficient (Wildman–Crippen LogP) is 1.58. The second-order valence-corrected chi connectivity index (χ2v) is 5.10. The Morgan fingerprint density at radius 3 is 2.73 bits per heavy atom. The fraction of sp³-hybridized carbons (Fsp3) is 0.727. The summed E-state index contributed by atoms with van der Waals surface area (Å²) in [6.45, 7) is 0. The van der Waals surface area contributed by atoms with Crippen LogP contribution in [0.3, 0.4) is 0 Å². The van der Waals surface area contributed by atoms with Gasteiger partial charge in [-0.15, -0.1) is 5.10 Å². The van der Waals surface area contributed by atoms with Crippen molar-refractivity contribution in [2.75, 3.05) is 0 Å². The van der Waals surface area contributed by atoms with Crippen LogP contribution < -0.4 is 0 Å². The van der Waals surface area contributed by atoms with Gasteiger partial charge in [-0.25, -0.2) is 0 Å². The van der Waals surface area contributed by atoms with Crippen LogP contribution in [0.4, 0.5) is 0 Å². The Morgan fingerprint density at radius 1 is 1.53 bits per heavy atom. The van der Waals surface area contributed by atoms with Crippen molar-refractivity contribution in [2.24, 2.45) is 18.4 Å². The van der Waals surface area contributed by atoms with Crippen molar-refractivity contribution in [2.45, 2.75) is 32.1 Å². The maximum atomic E-state index is 12.0. The number of nitrogens with zero attached hydrogens (tertiary/aromatic N) is 3. The summed E-state index contributed by atoms with van der Waals surface area (Å²) in [6.07, 6.45) is 7.90. The highest BCUT2D eigenvalue weighted by atomic mass is 16.1. The topological polar surface area (TPSA) is 47.8 Å². The Bertz CT molecular complexity index is 398. The number of rotatable bonds is 2. The van der Waals surface area contributed by atoms with Crippen LogP contribution >= 0.6 is 0 Å². The van der Waals surface area contributed by atoms with Gasteiger partial charge in [0.2, 0.25) is 0 Å². The fourth-order valence-corrected chi connectivity index (χ4v) is 2.93. The van der Waals surface area contributed by atoms with Crippen LogP contribution in [0.5, 0.6) is 0 Å². The molecular weight excluding hydrogens is 190 g/mol. The predicted molar refractivity (Wildman–Crippen MR) is 54.3 cm³/mol. The Kier molecular flexibility index (Phi) is 1.75. The standard InChI is InChI=1S/C11H15N3O/c1-14-7-9(12-13-14)10(15)8-5-11(6-8)3-2-4-11/h7-8H,2-6H2,1H3. The van der Waals surface area contributed by atoms with E-state index in [1.807, 2.05) is 0 Å². The molecule has 0 bridgehead atoms. The lowest BCUT2D eigenvalue weighted by Gasteiger charge is -2.53. The summed E-state index contributed by atoms with van der Waals surface area (Å²) in [5.74, 6) is 0.419. The van der Waals surface area contributed by atoms with E-state index in [1.54, 1.807) is 17.9 Å². The van der Waals surface area contributed by atoms with Crippen LogP contribution in [0.1, 0.15) is 42.6 Å². The molecule has 0 amide bonds. The Balaban J connectivity index is 1.67. The van der Waals surface area contributed by atoms with Crippen molar-refractivity contribution in [3.8, 4) is 0 Å². The van der Waals surface area contributed by atoms with Crippen LogP contribution in [0.25, 0.3) is 0 Å². The molecule has 2 fully saturated rings. The summed E-state index contributed by atoms with van der Waals surface area (Å²) in [7, 11) is 1.79. The second kappa shape index (κ2) is 2.90. The Hall–Kier alpha value is -1.19. The van der Waals surface area contributed by atoms with Crippen molar-refractivity contribution in [1.82, 2.24) is 15.0 Å². The molecule has 0 atom stereocenters. The first-order chi connectivity index (χ1) is 7.19. The molecule has 2 aliphatic carbocycles. The minimum Gasteiger partial charge on any atom is -0.292 e. The molecule has 15 heavy (non-hydrogen) atoms. The molecule has 4 heteroatoms. The van der Waals surface area contributed by atoms with E-state index in [1.165, 1.54) is 19.3 Å². The number of hydrogen-bond donors (Lipinski definition) is 0.